The van der Waals surface area contributed by atoms with Gasteiger partial charge in [0.25, 0.3) is 5.69 Å². The molecule has 0 radical (unpaired) electrons. The first-order valence-electron chi connectivity index (χ1n) is 5.44. The van der Waals surface area contributed by atoms with Crippen LogP contribution in [-0.4, -0.2) is 25.8 Å². The molecule has 1 heterocycles. The van der Waals surface area contributed by atoms with Gasteiger partial charge in [0.05, 0.1) is 11.1 Å². The molecule has 1 aromatic carbocycles. The van der Waals surface area contributed by atoms with Gasteiger partial charge in [-0.1, -0.05) is 0 Å². The van der Waals surface area contributed by atoms with E-state index in [0.717, 1.165) is 5.69 Å². The maximum atomic E-state index is 10.6. The molecule has 1 aromatic heterocycles. The van der Waals surface area contributed by atoms with Gasteiger partial charge in [0, 0.05) is 30.2 Å². The van der Waals surface area contributed by atoms with E-state index in [1.54, 1.807) is 29.1 Å². The van der Waals surface area contributed by atoms with Gasteiger partial charge in [-0.25, -0.2) is 4.98 Å². The van der Waals surface area contributed by atoms with Crippen LogP contribution in [0.15, 0.2) is 41.8 Å². The first kappa shape index (κ1) is 13.6. The summed E-state index contributed by atoms with van der Waals surface area (Å²) in [6.07, 6.45) is 4.74. The van der Waals surface area contributed by atoms with Crippen LogP contribution < -0.4 is 11.2 Å². The smallest absolute Gasteiger partial charge is 0.269 e. The van der Waals surface area contributed by atoms with Gasteiger partial charge in [-0.05, 0) is 24.4 Å². The minimum atomic E-state index is -0.452. The highest BCUT2D eigenvalue weighted by Crippen LogP contribution is 2.15. The number of nitrogens with one attached hydrogen (secondary N) is 1. The minimum absolute atomic E-state index is 0.0271. The summed E-state index contributed by atoms with van der Waals surface area (Å²) in [5.41, 5.74) is 8.42. The third kappa shape index (κ3) is 3.14. The van der Waals surface area contributed by atoms with Gasteiger partial charge in [-0.15, -0.1) is 0 Å². The molecule has 20 heavy (non-hydrogen) atoms. The van der Waals surface area contributed by atoms with E-state index in [9.17, 15) is 10.1 Å². The minimum Gasteiger partial charge on any atom is -0.375 e. The summed E-state index contributed by atoms with van der Waals surface area (Å²) < 4.78 is 1.72. The molecule has 0 bridgehead atoms. The van der Waals surface area contributed by atoms with Crippen LogP contribution in [0.5, 0.6) is 0 Å². The fourth-order valence-electron chi connectivity index (χ4n) is 1.52. The van der Waals surface area contributed by atoms with Crippen LogP contribution in [0.1, 0.15) is 5.82 Å². The summed E-state index contributed by atoms with van der Waals surface area (Å²) in [4.78, 5) is 14.3. The molecule has 8 nitrogen and oxygen atoms in total. The Morgan fingerprint density at radius 2 is 2.20 bits per heavy atom. The number of aromatic nitrogens is 2. The monoisotopic (exact) mass is 290 g/mol. The topological polar surface area (TPSA) is 111 Å². The maximum absolute atomic E-state index is 10.6. The Bertz CT molecular complexity index is 664. The second-order valence-corrected chi connectivity index (χ2v) is 4.10. The normalized spacial score (nSPS) is 10.6. The third-order valence-electron chi connectivity index (χ3n) is 2.36. The largest absolute Gasteiger partial charge is 0.375 e. The van der Waals surface area contributed by atoms with Crippen LogP contribution in [0, 0.1) is 10.1 Å². The van der Waals surface area contributed by atoms with Crippen molar-refractivity contribution in [3.8, 4) is 5.69 Å². The number of hydrogen-bond acceptors (Lipinski definition) is 5. The SMILES string of the molecule is NC(=S)NN=Cc1nccn1-c1ccc([N+](=O)[O-])cc1. The molecule has 0 amide bonds. The number of thiocarbonyl (C=S) groups is 1. The summed E-state index contributed by atoms with van der Waals surface area (Å²) in [6, 6.07) is 6.09. The Balaban J connectivity index is 2.25. The predicted molar refractivity (Wildman–Crippen MR) is 77.7 cm³/mol. The highest BCUT2D eigenvalue weighted by molar-refractivity contribution is 7.80. The van der Waals surface area contributed by atoms with Crippen molar-refractivity contribution >= 4 is 29.2 Å². The van der Waals surface area contributed by atoms with Crippen LogP contribution in [0.25, 0.3) is 5.69 Å². The van der Waals surface area contributed by atoms with Gasteiger partial charge in [-0.2, -0.15) is 5.10 Å². The summed E-state index contributed by atoms with van der Waals surface area (Å²) in [5.74, 6) is 0.530. The third-order valence-corrected chi connectivity index (χ3v) is 2.45. The molecule has 0 saturated heterocycles. The van der Waals surface area contributed by atoms with Gasteiger partial charge in [-0.3, -0.25) is 20.1 Å². The Kier molecular flexibility index (Phi) is 4.01. The summed E-state index contributed by atoms with van der Waals surface area (Å²) >= 11 is 4.62. The van der Waals surface area contributed by atoms with E-state index in [0.29, 0.717) is 5.82 Å². The molecule has 0 aliphatic rings. The number of hydrazone groups is 1. The van der Waals surface area contributed by atoms with Crippen LogP contribution in [0.2, 0.25) is 0 Å². The van der Waals surface area contributed by atoms with E-state index >= 15 is 0 Å². The zero-order valence-corrected chi connectivity index (χ0v) is 10.9. The first-order chi connectivity index (χ1) is 9.58. The van der Waals surface area contributed by atoms with Gasteiger partial charge < -0.3 is 5.73 Å². The van der Waals surface area contributed by atoms with Crippen LogP contribution in [0.4, 0.5) is 5.69 Å². The van der Waals surface area contributed by atoms with Crippen LogP contribution in [0.3, 0.4) is 0 Å². The van der Waals surface area contributed by atoms with Crippen molar-refractivity contribution in [2.75, 3.05) is 0 Å². The average Bonchev–Trinajstić information content (AvgIpc) is 2.87. The zero-order chi connectivity index (χ0) is 14.5. The van der Waals surface area contributed by atoms with Gasteiger partial charge >= 0.3 is 0 Å². The second kappa shape index (κ2) is 5.89. The van der Waals surface area contributed by atoms with E-state index in [1.807, 2.05) is 0 Å². The number of benzene rings is 1. The van der Waals surface area contributed by atoms with Gasteiger partial charge in [0.2, 0.25) is 0 Å². The Labute approximate surface area is 119 Å². The van der Waals surface area contributed by atoms with Crippen LogP contribution in [-0.2, 0) is 0 Å². The fraction of sp³-hybridized carbons (Fsp3) is 0. The molecule has 0 fully saturated rings. The lowest BCUT2D eigenvalue weighted by Crippen LogP contribution is -2.24. The van der Waals surface area contributed by atoms with Crippen molar-refractivity contribution in [2.45, 2.75) is 0 Å². The number of nitro benzene ring substituents is 1. The number of rotatable bonds is 4. The van der Waals surface area contributed by atoms with E-state index < -0.39 is 4.92 Å². The lowest BCUT2D eigenvalue weighted by molar-refractivity contribution is -0.384. The molecule has 0 saturated carbocycles. The Morgan fingerprint density at radius 1 is 1.50 bits per heavy atom. The first-order valence-corrected chi connectivity index (χ1v) is 5.85. The number of hydrogen-bond donors (Lipinski definition) is 2. The maximum Gasteiger partial charge on any atom is 0.269 e. The van der Waals surface area contributed by atoms with Crippen molar-refractivity contribution < 1.29 is 4.92 Å². The molecule has 0 spiro atoms. The second-order valence-electron chi connectivity index (χ2n) is 3.66. The molecule has 9 heteroatoms. The summed E-state index contributed by atoms with van der Waals surface area (Å²) in [5, 5.41) is 14.5. The molecule has 0 atom stereocenters. The highest BCUT2D eigenvalue weighted by Gasteiger charge is 2.07. The fourth-order valence-corrected chi connectivity index (χ4v) is 1.57. The van der Waals surface area contributed by atoms with Crippen molar-refractivity contribution in [1.82, 2.24) is 15.0 Å². The molecular formula is C11H10N6O2S. The van der Waals surface area contributed by atoms with E-state index in [-0.39, 0.29) is 10.8 Å². The van der Waals surface area contributed by atoms with Crippen LogP contribution >= 0.6 is 12.2 Å². The number of nitrogens with two attached hydrogens (primary N) is 1. The number of nitro groups is 1. The van der Waals surface area contributed by atoms with Crippen molar-refractivity contribution in [3.63, 3.8) is 0 Å². The molecule has 2 rings (SSSR count). The number of nitrogens with zero attached hydrogens (tertiary/aromatic N) is 4. The van der Waals surface area contributed by atoms with Crippen molar-refractivity contribution in [1.29, 1.82) is 0 Å². The molecule has 3 N–H and O–H groups in total. The number of imidazole rings is 1. The van der Waals surface area contributed by atoms with Crippen molar-refractivity contribution in [3.05, 3.63) is 52.6 Å². The standard InChI is InChI=1S/C11H10N6O2S/c12-11(20)15-14-7-10-13-5-6-16(10)8-1-3-9(4-2-8)17(18)19/h1-7H,(H3,12,15,20). The molecule has 0 aliphatic carbocycles. The molecule has 102 valence electrons. The van der Waals surface area contributed by atoms with Gasteiger partial charge in [0.15, 0.2) is 10.9 Å². The van der Waals surface area contributed by atoms with Crippen molar-refractivity contribution in [2.24, 2.45) is 10.8 Å². The summed E-state index contributed by atoms with van der Waals surface area (Å²) in [6.45, 7) is 0. The van der Waals surface area contributed by atoms with Gasteiger partial charge in [0.1, 0.15) is 0 Å². The summed E-state index contributed by atoms with van der Waals surface area (Å²) in [7, 11) is 0. The predicted octanol–water partition coefficient (Wildman–Crippen LogP) is 0.948. The molecular weight excluding hydrogens is 280 g/mol. The highest BCUT2D eigenvalue weighted by atomic mass is 32.1. The Hall–Kier alpha value is -2.81. The quantitative estimate of drug-likeness (QED) is 0.375. The lowest BCUT2D eigenvalue weighted by Gasteiger charge is -2.04. The van der Waals surface area contributed by atoms with E-state index in [4.69, 9.17) is 5.73 Å². The zero-order valence-electron chi connectivity index (χ0n) is 10.1. The molecule has 0 unspecified atom stereocenters. The molecule has 2 aromatic rings. The molecule has 0 aliphatic heterocycles. The van der Waals surface area contributed by atoms with E-state index in [1.165, 1.54) is 18.3 Å². The average molecular weight is 290 g/mol. The lowest BCUT2D eigenvalue weighted by atomic mass is 10.3. The number of non-ortho nitro benzene ring substituents is 1. The van der Waals surface area contributed by atoms with E-state index in [2.05, 4.69) is 27.7 Å². The Morgan fingerprint density at radius 3 is 2.80 bits per heavy atom.